The summed E-state index contributed by atoms with van der Waals surface area (Å²) in [5, 5.41) is 16.0. The van der Waals surface area contributed by atoms with Crippen molar-refractivity contribution in [3.05, 3.63) is 47.7 Å². The molecule has 0 spiro atoms. The van der Waals surface area contributed by atoms with E-state index in [2.05, 4.69) is 50.1 Å². The SMILES string of the molecule is Cc1[nH]nc(-c2nc3cc4ccccc4cc3[nH]2)c1C(=O)NCC1CCCN1. The van der Waals surface area contributed by atoms with Crippen molar-refractivity contribution in [1.82, 2.24) is 30.8 Å². The van der Waals surface area contributed by atoms with Gasteiger partial charge in [-0.3, -0.25) is 9.89 Å². The number of nitrogens with zero attached hydrogens (tertiary/aromatic N) is 2. The van der Waals surface area contributed by atoms with Gasteiger partial charge in [0.25, 0.3) is 5.91 Å². The van der Waals surface area contributed by atoms with E-state index in [1.54, 1.807) is 0 Å². The maximum Gasteiger partial charge on any atom is 0.255 e. The summed E-state index contributed by atoms with van der Waals surface area (Å²) in [6, 6.07) is 12.6. The van der Waals surface area contributed by atoms with Crippen molar-refractivity contribution < 1.29 is 4.79 Å². The van der Waals surface area contributed by atoms with E-state index in [0.29, 0.717) is 29.7 Å². The normalized spacial score (nSPS) is 16.8. The molecule has 4 N–H and O–H groups in total. The number of carbonyl (C=O) groups is 1. The Labute approximate surface area is 161 Å². The molecule has 1 aliphatic heterocycles. The van der Waals surface area contributed by atoms with E-state index < -0.39 is 0 Å². The fourth-order valence-corrected chi connectivity index (χ4v) is 3.92. The molecule has 0 aliphatic carbocycles. The van der Waals surface area contributed by atoms with Gasteiger partial charge in [0, 0.05) is 18.3 Å². The van der Waals surface area contributed by atoms with Crippen LogP contribution in [-0.4, -0.2) is 45.2 Å². The van der Waals surface area contributed by atoms with Crippen LogP contribution >= 0.6 is 0 Å². The number of aromatic amines is 2. The minimum Gasteiger partial charge on any atom is -0.350 e. The van der Waals surface area contributed by atoms with Gasteiger partial charge in [-0.15, -0.1) is 0 Å². The number of nitrogens with one attached hydrogen (secondary N) is 4. The quantitative estimate of drug-likeness (QED) is 0.441. The van der Waals surface area contributed by atoms with Gasteiger partial charge >= 0.3 is 0 Å². The largest absolute Gasteiger partial charge is 0.350 e. The maximum atomic E-state index is 12.8. The number of fused-ring (bicyclic) bond motifs is 2. The number of imidazole rings is 1. The lowest BCUT2D eigenvalue weighted by molar-refractivity contribution is 0.0950. The lowest BCUT2D eigenvalue weighted by Crippen LogP contribution is -2.37. The van der Waals surface area contributed by atoms with Crippen LogP contribution in [0.3, 0.4) is 0 Å². The van der Waals surface area contributed by atoms with Gasteiger partial charge in [-0.05, 0) is 49.2 Å². The highest BCUT2D eigenvalue weighted by Crippen LogP contribution is 2.27. The molecule has 1 unspecified atom stereocenters. The molecule has 2 aromatic carbocycles. The minimum absolute atomic E-state index is 0.124. The van der Waals surface area contributed by atoms with Gasteiger partial charge < -0.3 is 15.6 Å². The first-order valence-electron chi connectivity index (χ1n) is 9.64. The van der Waals surface area contributed by atoms with E-state index in [4.69, 9.17) is 4.98 Å². The lowest BCUT2D eigenvalue weighted by atomic mass is 10.1. The van der Waals surface area contributed by atoms with Crippen LogP contribution in [0.25, 0.3) is 33.3 Å². The highest BCUT2D eigenvalue weighted by Gasteiger charge is 2.23. The summed E-state index contributed by atoms with van der Waals surface area (Å²) in [6.45, 7) is 3.49. The predicted octanol–water partition coefficient (Wildman–Crippen LogP) is 2.90. The second-order valence-corrected chi connectivity index (χ2v) is 7.38. The Balaban J connectivity index is 1.49. The number of H-pyrrole nitrogens is 2. The first kappa shape index (κ1) is 16.9. The summed E-state index contributed by atoms with van der Waals surface area (Å²) < 4.78 is 0. The molecule has 0 radical (unpaired) electrons. The maximum absolute atomic E-state index is 12.8. The number of benzene rings is 2. The molecule has 2 aromatic heterocycles. The highest BCUT2D eigenvalue weighted by atomic mass is 16.1. The van der Waals surface area contributed by atoms with Gasteiger partial charge in [0.05, 0.1) is 16.6 Å². The van der Waals surface area contributed by atoms with E-state index in [0.717, 1.165) is 46.9 Å². The second-order valence-electron chi connectivity index (χ2n) is 7.38. The third-order valence-electron chi connectivity index (χ3n) is 5.42. The summed E-state index contributed by atoms with van der Waals surface area (Å²) in [6.07, 6.45) is 2.25. The zero-order valence-electron chi connectivity index (χ0n) is 15.7. The van der Waals surface area contributed by atoms with Crippen LogP contribution in [0.15, 0.2) is 36.4 Å². The first-order chi connectivity index (χ1) is 13.7. The van der Waals surface area contributed by atoms with Crippen LogP contribution in [0.4, 0.5) is 0 Å². The zero-order chi connectivity index (χ0) is 19.1. The number of aromatic nitrogens is 4. The molecular weight excluding hydrogens is 352 g/mol. The highest BCUT2D eigenvalue weighted by molar-refractivity contribution is 6.01. The zero-order valence-corrected chi connectivity index (χ0v) is 15.7. The molecule has 5 rings (SSSR count). The first-order valence-corrected chi connectivity index (χ1v) is 9.64. The summed E-state index contributed by atoms with van der Waals surface area (Å²) >= 11 is 0. The fourth-order valence-electron chi connectivity index (χ4n) is 3.92. The van der Waals surface area contributed by atoms with Crippen LogP contribution < -0.4 is 10.6 Å². The van der Waals surface area contributed by atoms with E-state index in [-0.39, 0.29) is 5.91 Å². The average Bonchev–Trinajstić information content (AvgIpc) is 3.43. The Morgan fingerprint density at radius 2 is 2.07 bits per heavy atom. The Morgan fingerprint density at radius 3 is 2.86 bits per heavy atom. The smallest absolute Gasteiger partial charge is 0.255 e. The molecule has 142 valence electrons. The van der Waals surface area contributed by atoms with E-state index in [1.807, 2.05) is 19.1 Å². The number of rotatable bonds is 4. The Kier molecular flexibility index (Phi) is 4.09. The minimum atomic E-state index is -0.124. The van der Waals surface area contributed by atoms with Crippen molar-refractivity contribution >= 4 is 27.7 Å². The fraction of sp³-hybridized carbons (Fsp3) is 0.286. The third-order valence-corrected chi connectivity index (χ3v) is 5.42. The Bertz CT molecular complexity index is 1120. The van der Waals surface area contributed by atoms with Gasteiger partial charge in [0.2, 0.25) is 0 Å². The molecule has 28 heavy (non-hydrogen) atoms. The van der Waals surface area contributed by atoms with Gasteiger partial charge in [-0.1, -0.05) is 24.3 Å². The van der Waals surface area contributed by atoms with Crippen LogP contribution in [0.2, 0.25) is 0 Å². The molecule has 1 amide bonds. The number of hydrogen-bond donors (Lipinski definition) is 4. The molecule has 1 aliphatic rings. The number of carbonyl (C=O) groups excluding carboxylic acids is 1. The van der Waals surface area contributed by atoms with Gasteiger partial charge in [-0.2, -0.15) is 5.10 Å². The number of hydrogen-bond acceptors (Lipinski definition) is 4. The molecule has 7 nitrogen and oxygen atoms in total. The number of amides is 1. The van der Waals surface area contributed by atoms with E-state index in [9.17, 15) is 4.79 Å². The molecule has 3 heterocycles. The summed E-state index contributed by atoms with van der Waals surface area (Å²) in [7, 11) is 0. The van der Waals surface area contributed by atoms with Crippen molar-refractivity contribution in [3.63, 3.8) is 0 Å². The van der Waals surface area contributed by atoms with Crippen LogP contribution in [0, 0.1) is 6.92 Å². The van der Waals surface area contributed by atoms with Gasteiger partial charge in [0.15, 0.2) is 5.82 Å². The average molecular weight is 374 g/mol. The molecule has 0 saturated carbocycles. The lowest BCUT2D eigenvalue weighted by Gasteiger charge is -2.11. The van der Waals surface area contributed by atoms with Gasteiger partial charge in [-0.25, -0.2) is 4.98 Å². The molecule has 0 bridgehead atoms. The van der Waals surface area contributed by atoms with Crippen molar-refractivity contribution in [2.45, 2.75) is 25.8 Å². The van der Waals surface area contributed by atoms with Gasteiger partial charge in [0.1, 0.15) is 5.69 Å². The number of aryl methyl sites for hydroxylation is 1. The molecule has 4 aromatic rings. The van der Waals surface area contributed by atoms with Crippen molar-refractivity contribution in [2.24, 2.45) is 0 Å². The molecule has 1 fully saturated rings. The van der Waals surface area contributed by atoms with Crippen molar-refractivity contribution in [2.75, 3.05) is 13.1 Å². The van der Waals surface area contributed by atoms with Crippen molar-refractivity contribution in [3.8, 4) is 11.5 Å². The topological polar surface area (TPSA) is 98.5 Å². The summed E-state index contributed by atoms with van der Waals surface area (Å²) in [4.78, 5) is 20.9. The standard InChI is InChI=1S/C21H22N6O/c1-12-18(21(28)23-11-15-7-4-8-22-15)19(27-26-12)20-24-16-9-13-5-2-3-6-14(13)10-17(16)25-20/h2-3,5-6,9-10,15,22H,4,7-8,11H2,1H3,(H,23,28)(H,24,25)(H,26,27). The van der Waals surface area contributed by atoms with Crippen LogP contribution in [0.1, 0.15) is 28.9 Å². The van der Waals surface area contributed by atoms with E-state index in [1.165, 1.54) is 0 Å². The third kappa shape index (κ3) is 2.93. The molecule has 1 atom stereocenters. The Hall–Kier alpha value is -3.19. The molecular formula is C21H22N6O. The van der Waals surface area contributed by atoms with E-state index >= 15 is 0 Å². The van der Waals surface area contributed by atoms with Crippen molar-refractivity contribution in [1.29, 1.82) is 0 Å². The Morgan fingerprint density at radius 1 is 1.25 bits per heavy atom. The summed E-state index contributed by atoms with van der Waals surface area (Å²) in [5.41, 5.74) is 3.61. The molecule has 7 heteroatoms. The van der Waals surface area contributed by atoms with Crippen LogP contribution in [-0.2, 0) is 0 Å². The predicted molar refractivity (Wildman–Crippen MR) is 109 cm³/mol. The summed E-state index contributed by atoms with van der Waals surface area (Å²) in [5.74, 6) is 0.472. The van der Waals surface area contributed by atoms with Crippen LogP contribution in [0.5, 0.6) is 0 Å². The molecule has 1 saturated heterocycles. The second kappa shape index (κ2) is 6.76. The monoisotopic (exact) mass is 374 g/mol.